The summed E-state index contributed by atoms with van der Waals surface area (Å²) in [6.45, 7) is 3.79. The van der Waals surface area contributed by atoms with E-state index in [-0.39, 0.29) is 0 Å². The summed E-state index contributed by atoms with van der Waals surface area (Å²) in [6.07, 6.45) is 3.84. The van der Waals surface area contributed by atoms with Gasteiger partial charge in [-0.2, -0.15) is 0 Å². The first-order valence-electron chi connectivity index (χ1n) is 5.86. The van der Waals surface area contributed by atoms with Crippen molar-refractivity contribution in [2.45, 2.75) is 32.2 Å². The molecule has 1 aliphatic rings. The Kier molecular flexibility index (Phi) is 3.39. The summed E-state index contributed by atoms with van der Waals surface area (Å²) >= 11 is 0. The topological polar surface area (TPSA) is 38.0 Å². The highest BCUT2D eigenvalue weighted by molar-refractivity contribution is 5.36. The molecule has 0 heterocycles. The van der Waals surface area contributed by atoms with Crippen molar-refractivity contribution >= 4 is 0 Å². The zero-order valence-electron chi connectivity index (χ0n) is 9.42. The average molecular weight is 204 g/mol. The maximum Gasteiger partial charge on any atom is 0.0292 e. The van der Waals surface area contributed by atoms with E-state index < -0.39 is 0 Å². The lowest BCUT2D eigenvalue weighted by Crippen LogP contribution is -2.25. The standard InChI is InChI=1S/C13H20N2/c1-10(15-8-7-14)12-6-5-11-3-2-4-13(11)9-12/h5-6,9-10,15H,2-4,7-8,14H2,1H3. The molecule has 0 spiro atoms. The molecule has 1 atom stereocenters. The van der Waals surface area contributed by atoms with Crippen LogP contribution in [0.3, 0.4) is 0 Å². The molecule has 0 amide bonds. The van der Waals surface area contributed by atoms with E-state index in [0.717, 1.165) is 6.54 Å². The smallest absolute Gasteiger partial charge is 0.0292 e. The molecule has 3 N–H and O–H groups in total. The minimum atomic E-state index is 0.416. The van der Waals surface area contributed by atoms with E-state index in [1.165, 1.54) is 24.8 Å². The van der Waals surface area contributed by atoms with Crippen LogP contribution in [0.1, 0.15) is 36.1 Å². The van der Waals surface area contributed by atoms with Crippen LogP contribution in [0.2, 0.25) is 0 Å². The largest absolute Gasteiger partial charge is 0.329 e. The number of benzene rings is 1. The number of nitrogens with two attached hydrogens (primary N) is 1. The third-order valence-corrected chi connectivity index (χ3v) is 3.22. The molecule has 1 aromatic rings. The second-order valence-electron chi connectivity index (χ2n) is 4.35. The molecule has 0 aliphatic heterocycles. The number of fused-ring (bicyclic) bond motifs is 1. The molecule has 0 aromatic heterocycles. The molecule has 15 heavy (non-hydrogen) atoms. The Bertz CT molecular complexity index is 333. The molecule has 0 saturated heterocycles. The Hall–Kier alpha value is -0.860. The van der Waals surface area contributed by atoms with Crippen LogP contribution >= 0.6 is 0 Å². The zero-order chi connectivity index (χ0) is 10.7. The maximum absolute atomic E-state index is 5.48. The van der Waals surface area contributed by atoms with Crippen molar-refractivity contribution in [2.75, 3.05) is 13.1 Å². The monoisotopic (exact) mass is 204 g/mol. The summed E-state index contributed by atoms with van der Waals surface area (Å²) in [5.74, 6) is 0. The molecular weight excluding hydrogens is 184 g/mol. The van der Waals surface area contributed by atoms with E-state index in [1.807, 2.05) is 0 Å². The van der Waals surface area contributed by atoms with Crippen LogP contribution in [0.15, 0.2) is 18.2 Å². The highest BCUT2D eigenvalue weighted by Gasteiger charge is 2.12. The fourth-order valence-corrected chi connectivity index (χ4v) is 2.28. The van der Waals surface area contributed by atoms with Gasteiger partial charge in [-0.15, -0.1) is 0 Å². The maximum atomic E-state index is 5.48. The SMILES string of the molecule is CC(NCCN)c1ccc2c(c1)CCC2. The number of nitrogens with one attached hydrogen (secondary N) is 1. The van der Waals surface area contributed by atoms with Gasteiger partial charge in [0.25, 0.3) is 0 Å². The van der Waals surface area contributed by atoms with E-state index in [4.69, 9.17) is 5.73 Å². The molecule has 1 aliphatic carbocycles. The Labute approximate surface area is 91.9 Å². The van der Waals surface area contributed by atoms with E-state index in [0.29, 0.717) is 12.6 Å². The summed E-state index contributed by atoms with van der Waals surface area (Å²) in [5.41, 5.74) is 9.97. The highest BCUT2D eigenvalue weighted by Crippen LogP contribution is 2.25. The van der Waals surface area contributed by atoms with Gasteiger partial charge < -0.3 is 11.1 Å². The number of hydrogen-bond donors (Lipinski definition) is 2. The van der Waals surface area contributed by atoms with Crippen molar-refractivity contribution in [2.24, 2.45) is 5.73 Å². The van der Waals surface area contributed by atoms with Gasteiger partial charge in [-0.1, -0.05) is 18.2 Å². The van der Waals surface area contributed by atoms with Gasteiger partial charge in [-0.05, 0) is 42.9 Å². The van der Waals surface area contributed by atoms with Gasteiger partial charge in [0.2, 0.25) is 0 Å². The van der Waals surface area contributed by atoms with Gasteiger partial charge in [0.1, 0.15) is 0 Å². The average Bonchev–Trinajstić information content (AvgIpc) is 2.72. The van der Waals surface area contributed by atoms with Gasteiger partial charge >= 0.3 is 0 Å². The Morgan fingerprint density at radius 3 is 2.93 bits per heavy atom. The molecule has 0 saturated carbocycles. The number of hydrogen-bond acceptors (Lipinski definition) is 2. The lowest BCUT2D eigenvalue weighted by Gasteiger charge is -2.14. The van der Waals surface area contributed by atoms with Crippen LogP contribution in [0, 0.1) is 0 Å². The van der Waals surface area contributed by atoms with Gasteiger partial charge in [0, 0.05) is 19.1 Å². The molecule has 0 radical (unpaired) electrons. The lowest BCUT2D eigenvalue weighted by molar-refractivity contribution is 0.582. The first kappa shape index (κ1) is 10.7. The van der Waals surface area contributed by atoms with E-state index in [1.54, 1.807) is 11.1 Å². The normalized spacial score (nSPS) is 16.4. The van der Waals surface area contributed by atoms with Crippen LogP contribution in [-0.4, -0.2) is 13.1 Å². The summed E-state index contributed by atoms with van der Waals surface area (Å²) in [4.78, 5) is 0. The second-order valence-corrected chi connectivity index (χ2v) is 4.35. The molecule has 0 fully saturated rings. The first-order chi connectivity index (χ1) is 7.31. The lowest BCUT2D eigenvalue weighted by atomic mass is 10.0. The second kappa shape index (κ2) is 4.77. The fraction of sp³-hybridized carbons (Fsp3) is 0.538. The van der Waals surface area contributed by atoms with Gasteiger partial charge in [0.05, 0.1) is 0 Å². The van der Waals surface area contributed by atoms with Crippen molar-refractivity contribution in [1.82, 2.24) is 5.32 Å². The summed E-state index contributed by atoms with van der Waals surface area (Å²) in [6, 6.07) is 7.31. The van der Waals surface area contributed by atoms with Gasteiger partial charge in [-0.3, -0.25) is 0 Å². The summed E-state index contributed by atoms with van der Waals surface area (Å²) < 4.78 is 0. The van der Waals surface area contributed by atoms with Crippen molar-refractivity contribution in [3.05, 3.63) is 34.9 Å². The van der Waals surface area contributed by atoms with E-state index in [9.17, 15) is 0 Å². The first-order valence-corrected chi connectivity index (χ1v) is 5.86. The third-order valence-electron chi connectivity index (χ3n) is 3.22. The van der Waals surface area contributed by atoms with Crippen LogP contribution in [0.25, 0.3) is 0 Å². The fourth-order valence-electron chi connectivity index (χ4n) is 2.28. The Balaban J connectivity index is 2.08. The van der Waals surface area contributed by atoms with E-state index >= 15 is 0 Å². The van der Waals surface area contributed by atoms with Crippen molar-refractivity contribution in [1.29, 1.82) is 0 Å². The van der Waals surface area contributed by atoms with Crippen LogP contribution < -0.4 is 11.1 Å². The van der Waals surface area contributed by atoms with E-state index in [2.05, 4.69) is 30.4 Å². The molecule has 1 aromatic carbocycles. The minimum Gasteiger partial charge on any atom is -0.329 e. The molecule has 1 unspecified atom stereocenters. The van der Waals surface area contributed by atoms with Crippen molar-refractivity contribution in [3.63, 3.8) is 0 Å². The van der Waals surface area contributed by atoms with Crippen molar-refractivity contribution < 1.29 is 0 Å². The van der Waals surface area contributed by atoms with Crippen LogP contribution in [0.5, 0.6) is 0 Å². The van der Waals surface area contributed by atoms with Gasteiger partial charge in [-0.25, -0.2) is 0 Å². The number of aryl methyl sites for hydroxylation is 2. The molecule has 2 rings (SSSR count). The molecular formula is C13H20N2. The molecule has 0 bridgehead atoms. The van der Waals surface area contributed by atoms with Crippen LogP contribution in [0.4, 0.5) is 0 Å². The summed E-state index contributed by atoms with van der Waals surface area (Å²) in [7, 11) is 0. The molecule has 2 heteroatoms. The number of rotatable bonds is 4. The van der Waals surface area contributed by atoms with Crippen molar-refractivity contribution in [3.8, 4) is 0 Å². The zero-order valence-corrected chi connectivity index (χ0v) is 9.42. The van der Waals surface area contributed by atoms with Gasteiger partial charge in [0.15, 0.2) is 0 Å². The molecule has 82 valence electrons. The highest BCUT2D eigenvalue weighted by atomic mass is 14.9. The Morgan fingerprint density at radius 2 is 2.13 bits per heavy atom. The van der Waals surface area contributed by atoms with Crippen LogP contribution in [-0.2, 0) is 12.8 Å². The summed E-state index contributed by atoms with van der Waals surface area (Å²) in [5, 5.41) is 3.41. The Morgan fingerprint density at radius 1 is 1.33 bits per heavy atom. The molecule has 2 nitrogen and oxygen atoms in total. The quantitative estimate of drug-likeness (QED) is 0.784. The predicted octanol–water partition coefficient (Wildman–Crippen LogP) is 1.78. The minimum absolute atomic E-state index is 0.416. The predicted molar refractivity (Wildman–Crippen MR) is 63.9 cm³/mol. The third kappa shape index (κ3) is 2.39.